The van der Waals surface area contributed by atoms with Crippen molar-refractivity contribution in [1.29, 1.82) is 0 Å². The van der Waals surface area contributed by atoms with Crippen molar-refractivity contribution < 1.29 is 14.6 Å². The van der Waals surface area contributed by atoms with Crippen LogP contribution < -0.4 is 15.2 Å². The lowest BCUT2D eigenvalue weighted by atomic mass is 10.00. The average Bonchev–Trinajstić information content (AvgIpc) is 2.53. The van der Waals surface area contributed by atoms with Crippen LogP contribution in [0.3, 0.4) is 0 Å². The maximum atomic E-state index is 12.2. The Morgan fingerprint density at radius 1 is 1.26 bits per heavy atom. The fourth-order valence-corrected chi connectivity index (χ4v) is 2.55. The number of methoxy groups -OCH3 is 1. The number of aromatic nitrogens is 1. The number of carboxylic acid groups (broad SMARTS) is 1. The third-order valence-corrected chi connectivity index (χ3v) is 3.71. The number of carboxylic acids is 1. The van der Waals surface area contributed by atoms with E-state index < -0.39 is 11.5 Å². The molecular weight excluding hydrogens is 296 g/mol. The summed E-state index contributed by atoms with van der Waals surface area (Å²) < 4.78 is 5.22. The van der Waals surface area contributed by atoms with Gasteiger partial charge < -0.3 is 19.7 Å². The van der Waals surface area contributed by atoms with Crippen molar-refractivity contribution in [3.8, 4) is 17.0 Å². The second kappa shape index (κ2) is 6.56. The van der Waals surface area contributed by atoms with Gasteiger partial charge in [0, 0.05) is 25.3 Å². The first-order valence-corrected chi connectivity index (χ1v) is 7.24. The minimum atomic E-state index is -1.30. The molecule has 0 spiro atoms. The predicted molar refractivity (Wildman–Crippen MR) is 89.7 cm³/mol. The zero-order valence-electron chi connectivity index (χ0n) is 13.6. The highest BCUT2D eigenvalue weighted by molar-refractivity contribution is 5.92. The fraction of sp³-hybridized carbons (Fsp3) is 0.294. The number of nitrogens with zero attached hydrogens (tertiary/aromatic N) is 1. The van der Waals surface area contributed by atoms with Crippen LogP contribution in [0.1, 0.15) is 22.8 Å². The molecular formula is C17H20N2O4. The van der Waals surface area contributed by atoms with E-state index in [9.17, 15) is 14.7 Å². The molecule has 2 N–H and O–H groups in total. The first kappa shape index (κ1) is 16.6. The van der Waals surface area contributed by atoms with Gasteiger partial charge in [0.25, 0.3) is 5.56 Å². The Balaban J connectivity index is 2.70. The molecule has 0 aliphatic rings. The summed E-state index contributed by atoms with van der Waals surface area (Å²) in [7, 11) is 5.26. The summed E-state index contributed by atoms with van der Waals surface area (Å²) in [4.78, 5) is 28.1. The molecule has 0 aliphatic heterocycles. The number of rotatable bonds is 5. The lowest BCUT2D eigenvalue weighted by molar-refractivity contribution is 0.0691. The molecule has 0 bridgehead atoms. The van der Waals surface area contributed by atoms with Crippen molar-refractivity contribution >= 4 is 11.7 Å². The molecule has 0 saturated heterocycles. The Morgan fingerprint density at radius 3 is 2.30 bits per heavy atom. The van der Waals surface area contributed by atoms with E-state index in [1.54, 1.807) is 0 Å². The van der Waals surface area contributed by atoms with Gasteiger partial charge in [-0.3, -0.25) is 4.79 Å². The van der Waals surface area contributed by atoms with Gasteiger partial charge in [-0.15, -0.1) is 0 Å². The van der Waals surface area contributed by atoms with E-state index in [1.165, 1.54) is 7.11 Å². The maximum absolute atomic E-state index is 12.2. The Hall–Kier alpha value is -2.76. The standard InChI is InChI=1S/C17H20N2O4/c1-5-12-14(10-6-8-11(9-7-10)19(2)3)18-16(20)13(17(21)22)15(12)23-4/h6-9H,5H2,1-4H3,(H,18,20)(H,21,22). The van der Waals surface area contributed by atoms with Crippen molar-refractivity contribution in [2.45, 2.75) is 13.3 Å². The first-order chi connectivity index (χ1) is 10.9. The van der Waals surface area contributed by atoms with Crippen molar-refractivity contribution in [1.82, 2.24) is 4.98 Å². The molecule has 0 saturated carbocycles. The molecule has 1 aromatic carbocycles. The summed E-state index contributed by atoms with van der Waals surface area (Å²) in [6, 6.07) is 7.65. The van der Waals surface area contributed by atoms with Crippen LogP contribution in [0.4, 0.5) is 5.69 Å². The molecule has 6 nitrogen and oxygen atoms in total. The summed E-state index contributed by atoms with van der Waals surface area (Å²) in [6.45, 7) is 1.89. The molecule has 0 atom stereocenters. The summed E-state index contributed by atoms with van der Waals surface area (Å²) in [5.41, 5.74) is 2.06. The number of benzene rings is 1. The molecule has 2 rings (SSSR count). The summed E-state index contributed by atoms with van der Waals surface area (Å²) in [5.74, 6) is -1.18. The third-order valence-electron chi connectivity index (χ3n) is 3.71. The molecule has 0 fully saturated rings. The van der Waals surface area contributed by atoms with Gasteiger partial charge in [-0.2, -0.15) is 0 Å². The molecule has 1 heterocycles. The van der Waals surface area contributed by atoms with Gasteiger partial charge in [0.2, 0.25) is 0 Å². The van der Waals surface area contributed by atoms with Gasteiger partial charge in [-0.25, -0.2) is 4.79 Å². The van der Waals surface area contributed by atoms with E-state index in [4.69, 9.17) is 4.74 Å². The number of aromatic carboxylic acids is 1. The number of anilines is 1. The lowest BCUT2D eigenvalue weighted by Gasteiger charge is -2.16. The largest absolute Gasteiger partial charge is 0.495 e. The lowest BCUT2D eigenvalue weighted by Crippen LogP contribution is -2.21. The molecule has 0 amide bonds. The van der Waals surface area contributed by atoms with Crippen molar-refractivity contribution in [3.63, 3.8) is 0 Å². The van der Waals surface area contributed by atoms with Crippen molar-refractivity contribution in [2.75, 3.05) is 26.1 Å². The van der Waals surface area contributed by atoms with Crippen LogP contribution >= 0.6 is 0 Å². The van der Waals surface area contributed by atoms with Gasteiger partial charge in [-0.1, -0.05) is 19.1 Å². The number of pyridine rings is 1. The van der Waals surface area contributed by atoms with Crippen LogP contribution in [0.15, 0.2) is 29.1 Å². The number of ether oxygens (including phenoxy) is 1. The van der Waals surface area contributed by atoms with Crippen LogP contribution in [0.5, 0.6) is 5.75 Å². The predicted octanol–water partition coefficient (Wildman–Crippen LogP) is 2.38. The van der Waals surface area contributed by atoms with Crippen LogP contribution in [-0.2, 0) is 6.42 Å². The van der Waals surface area contributed by atoms with Crippen molar-refractivity contribution in [3.05, 3.63) is 45.7 Å². The molecule has 0 radical (unpaired) electrons. The minimum absolute atomic E-state index is 0.121. The van der Waals surface area contributed by atoms with Gasteiger partial charge in [0.1, 0.15) is 5.75 Å². The summed E-state index contributed by atoms with van der Waals surface area (Å²) >= 11 is 0. The third kappa shape index (κ3) is 3.06. The van der Waals surface area contributed by atoms with Crippen LogP contribution in [-0.4, -0.2) is 37.3 Å². The number of carbonyl (C=O) groups is 1. The number of aromatic amines is 1. The van der Waals surface area contributed by atoms with Crippen LogP contribution in [0.2, 0.25) is 0 Å². The number of H-pyrrole nitrogens is 1. The highest BCUT2D eigenvalue weighted by atomic mass is 16.5. The highest BCUT2D eigenvalue weighted by Crippen LogP contribution is 2.31. The fourth-order valence-electron chi connectivity index (χ4n) is 2.55. The van der Waals surface area contributed by atoms with Gasteiger partial charge in [0.05, 0.1) is 12.8 Å². The molecule has 6 heteroatoms. The Morgan fingerprint density at radius 2 is 1.87 bits per heavy atom. The number of hydrogen-bond donors (Lipinski definition) is 2. The second-order valence-corrected chi connectivity index (χ2v) is 5.32. The monoisotopic (exact) mass is 316 g/mol. The zero-order chi connectivity index (χ0) is 17.1. The SMILES string of the molecule is CCc1c(-c2ccc(N(C)C)cc2)[nH]c(=O)c(C(=O)O)c1OC. The molecule has 0 unspecified atom stereocenters. The van der Waals surface area contributed by atoms with E-state index in [1.807, 2.05) is 50.2 Å². The molecule has 0 aliphatic carbocycles. The van der Waals surface area contributed by atoms with Crippen LogP contribution in [0, 0.1) is 0 Å². The molecule has 23 heavy (non-hydrogen) atoms. The van der Waals surface area contributed by atoms with Gasteiger partial charge in [0.15, 0.2) is 5.56 Å². The molecule has 1 aromatic heterocycles. The van der Waals surface area contributed by atoms with Crippen molar-refractivity contribution in [2.24, 2.45) is 0 Å². The van der Waals surface area contributed by atoms with Gasteiger partial charge >= 0.3 is 5.97 Å². The average molecular weight is 316 g/mol. The number of nitrogens with one attached hydrogen (secondary N) is 1. The second-order valence-electron chi connectivity index (χ2n) is 5.32. The molecule has 122 valence electrons. The maximum Gasteiger partial charge on any atom is 0.345 e. The topological polar surface area (TPSA) is 82.6 Å². The van der Waals surface area contributed by atoms with E-state index >= 15 is 0 Å². The smallest absolute Gasteiger partial charge is 0.345 e. The normalized spacial score (nSPS) is 10.4. The summed E-state index contributed by atoms with van der Waals surface area (Å²) in [5, 5.41) is 9.25. The zero-order valence-corrected chi connectivity index (χ0v) is 13.6. The quantitative estimate of drug-likeness (QED) is 0.885. The Labute approximate surface area is 134 Å². The van der Waals surface area contributed by atoms with E-state index in [2.05, 4.69) is 4.98 Å². The summed E-state index contributed by atoms with van der Waals surface area (Å²) in [6.07, 6.45) is 0.533. The van der Waals surface area contributed by atoms with Crippen LogP contribution in [0.25, 0.3) is 11.3 Å². The van der Waals surface area contributed by atoms with E-state index in [0.29, 0.717) is 17.7 Å². The van der Waals surface area contributed by atoms with E-state index in [0.717, 1.165) is 11.3 Å². The Bertz CT molecular complexity index is 776. The van der Waals surface area contributed by atoms with E-state index in [-0.39, 0.29) is 11.3 Å². The highest BCUT2D eigenvalue weighted by Gasteiger charge is 2.23. The van der Waals surface area contributed by atoms with Gasteiger partial charge in [-0.05, 0) is 24.1 Å². The first-order valence-electron chi connectivity index (χ1n) is 7.24. The minimum Gasteiger partial charge on any atom is -0.495 e. The Kier molecular flexibility index (Phi) is 4.74. The molecule has 2 aromatic rings. The number of hydrogen-bond acceptors (Lipinski definition) is 4.